The van der Waals surface area contributed by atoms with Gasteiger partial charge in [0.2, 0.25) is 15.9 Å². The van der Waals surface area contributed by atoms with Gasteiger partial charge in [-0.1, -0.05) is 6.92 Å². The highest BCUT2D eigenvalue weighted by molar-refractivity contribution is 7.89. The van der Waals surface area contributed by atoms with E-state index in [-0.39, 0.29) is 10.8 Å². The van der Waals surface area contributed by atoms with Crippen molar-refractivity contribution in [1.29, 1.82) is 0 Å². The fraction of sp³-hybridized carbons (Fsp3) is 0.533. The number of amides is 1. The number of hydrogen-bond donors (Lipinski definition) is 2. The van der Waals surface area contributed by atoms with Gasteiger partial charge in [0.25, 0.3) is 0 Å². The van der Waals surface area contributed by atoms with Gasteiger partial charge in [-0.2, -0.15) is 4.72 Å². The minimum Gasteiger partial charge on any atom is -0.494 e. The molecule has 1 amide bonds. The molecule has 0 radical (unpaired) electrons. The second-order valence-electron chi connectivity index (χ2n) is 4.99. The van der Waals surface area contributed by atoms with E-state index in [9.17, 15) is 13.2 Å². The summed E-state index contributed by atoms with van der Waals surface area (Å²) in [6.07, 6.45) is 0.795. The Morgan fingerprint density at radius 2 is 2.00 bits per heavy atom. The molecule has 0 spiro atoms. The number of carbonyl (C=O) groups is 1. The summed E-state index contributed by atoms with van der Waals surface area (Å²) in [6.45, 7) is 8.12. The van der Waals surface area contributed by atoms with Gasteiger partial charge >= 0.3 is 0 Å². The van der Waals surface area contributed by atoms with Crippen LogP contribution in [0.4, 0.5) is 0 Å². The van der Waals surface area contributed by atoms with Crippen molar-refractivity contribution in [1.82, 2.24) is 10.0 Å². The number of nitrogens with one attached hydrogen (secondary N) is 2. The van der Waals surface area contributed by atoms with Gasteiger partial charge in [0.1, 0.15) is 5.75 Å². The first-order valence-electron chi connectivity index (χ1n) is 7.35. The third kappa shape index (κ3) is 4.99. The Hall–Kier alpha value is -1.60. The SMILES string of the molecule is CCCNC(=O)[C@H](C)NS(=O)(=O)c1ccc(OCC)c(C)c1. The number of rotatable bonds is 8. The summed E-state index contributed by atoms with van der Waals surface area (Å²) in [5.74, 6) is 0.309. The average molecular weight is 328 g/mol. The molecule has 0 bridgehead atoms. The lowest BCUT2D eigenvalue weighted by Gasteiger charge is -2.15. The van der Waals surface area contributed by atoms with Crippen molar-refractivity contribution in [3.05, 3.63) is 23.8 Å². The zero-order chi connectivity index (χ0) is 16.8. The lowest BCUT2D eigenvalue weighted by Crippen LogP contribution is -2.44. The van der Waals surface area contributed by atoms with Crippen LogP contribution in [-0.4, -0.2) is 33.5 Å². The molecule has 2 N–H and O–H groups in total. The predicted molar refractivity (Wildman–Crippen MR) is 85.4 cm³/mol. The van der Waals surface area contributed by atoms with Crippen LogP contribution in [0.5, 0.6) is 5.75 Å². The molecular weight excluding hydrogens is 304 g/mol. The molecule has 124 valence electrons. The van der Waals surface area contributed by atoms with Gasteiger partial charge in [0.05, 0.1) is 17.5 Å². The van der Waals surface area contributed by atoms with Gasteiger partial charge in [-0.15, -0.1) is 0 Å². The van der Waals surface area contributed by atoms with E-state index in [2.05, 4.69) is 10.0 Å². The molecule has 0 unspecified atom stereocenters. The van der Waals surface area contributed by atoms with Crippen molar-refractivity contribution < 1.29 is 17.9 Å². The highest BCUT2D eigenvalue weighted by Crippen LogP contribution is 2.21. The Balaban J connectivity index is 2.86. The molecule has 6 nitrogen and oxygen atoms in total. The Morgan fingerprint density at radius 3 is 2.55 bits per heavy atom. The van der Waals surface area contributed by atoms with Gasteiger partial charge in [-0.05, 0) is 51.0 Å². The minimum atomic E-state index is -3.75. The zero-order valence-electron chi connectivity index (χ0n) is 13.5. The number of hydrogen-bond acceptors (Lipinski definition) is 4. The zero-order valence-corrected chi connectivity index (χ0v) is 14.3. The number of aryl methyl sites for hydroxylation is 1. The van der Waals surface area contributed by atoms with E-state index < -0.39 is 16.1 Å². The van der Waals surface area contributed by atoms with Gasteiger partial charge in [0.15, 0.2) is 0 Å². The summed E-state index contributed by atoms with van der Waals surface area (Å²) in [5.41, 5.74) is 0.729. The van der Waals surface area contributed by atoms with Crippen molar-refractivity contribution in [3.8, 4) is 5.75 Å². The normalized spacial score (nSPS) is 12.7. The van der Waals surface area contributed by atoms with E-state index in [1.165, 1.54) is 19.1 Å². The largest absolute Gasteiger partial charge is 0.494 e. The predicted octanol–water partition coefficient (Wildman–Crippen LogP) is 1.59. The standard InChI is InChI=1S/C15H24N2O4S/c1-5-9-16-15(18)12(4)17-22(19,20)13-7-8-14(21-6-2)11(3)10-13/h7-8,10,12,17H,5-6,9H2,1-4H3,(H,16,18)/t12-/m0/s1. The Bertz CT molecular complexity index is 614. The molecule has 0 aromatic heterocycles. The molecular formula is C15H24N2O4S. The first-order valence-corrected chi connectivity index (χ1v) is 8.83. The number of sulfonamides is 1. The van der Waals surface area contributed by atoms with Crippen LogP contribution in [0.25, 0.3) is 0 Å². The molecule has 1 aromatic carbocycles. The van der Waals surface area contributed by atoms with Crippen LogP contribution in [-0.2, 0) is 14.8 Å². The van der Waals surface area contributed by atoms with E-state index >= 15 is 0 Å². The van der Waals surface area contributed by atoms with E-state index in [1.54, 1.807) is 13.0 Å². The van der Waals surface area contributed by atoms with Crippen molar-refractivity contribution in [2.45, 2.75) is 45.1 Å². The Labute approximate surface area is 132 Å². The molecule has 0 aliphatic rings. The van der Waals surface area contributed by atoms with E-state index in [0.717, 1.165) is 12.0 Å². The summed E-state index contributed by atoms with van der Waals surface area (Å²) in [7, 11) is -3.75. The maximum absolute atomic E-state index is 12.3. The van der Waals surface area contributed by atoms with Crippen LogP contribution in [0.2, 0.25) is 0 Å². The molecule has 0 saturated carbocycles. The summed E-state index contributed by atoms with van der Waals surface area (Å²) in [5, 5.41) is 2.66. The highest BCUT2D eigenvalue weighted by Gasteiger charge is 2.22. The highest BCUT2D eigenvalue weighted by atomic mass is 32.2. The summed E-state index contributed by atoms with van der Waals surface area (Å²) in [4.78, 5) is 11.9. The average Bonchev–Trinajstić information content (AvgIpc) is 2.46. The summed E-state index contributed by atoms with van der Waals surface area (Å²) >= 11 is 0. The topological polar surface area (TPSA) is 84.5 Å². The number of benzene rings is 1. The maximum Gasteiger partial charge on any atom is 0.241 e. The third-order valence-electron chi connectivity index (χ3n) is 3.03. The van der Waals surface area contributed by atoms with Crippen molar-refractivity contribution in [2.24, 2.45) is 0 Å². The van der Waals surface area contributed by atoms with Gasteiger partial charge in [-0.25, -0.2) is 8.42 Å². The molecule has 1 aromatic rings. The van der Waals surface area contributed by atoms with Crippen molar-refractivity contribution >= 4 is 15.9 Å². The van der Waals surface area contributed by atoms with Gasteiger partial charge in [0, 0.05) is 6.54 Å². The molecule has 22 heavy (non-hydrogen) atoms. The quantitative estimate of drug-likeness (QED) is 0.759. The van der Waals surface area contributed by atoms with Crippen LogP contribution in [0.3, 0.4) is 0 Å². The molecule has 0 saturated heterocycles. The van der Waals surface area contributed by atoms with Crippen LogP contribution in [0, 0.1) is 6.92 Å². The van der Waals surface area contributed by atoms with Crippen LogP contribution < -0.4 is 14.8 Å². The molecule has 0 fully saturated rings. The van der Waals surface area contributed by atoms with Crippen LogP contribution in [0.15, 0.2) is 23.1 Å². The molecule has 0 heterocycles. The molecule has 1 rings (SSSR count). The van der Waals surface area contributed by atoms with Gasteiger partial charge < -0.3 is 10.1 Å². The van der Waals surface area contributed by atoms with E-state index in [1.807, 2.05) is 13.8 Å². The molecule has 7 heteroatoms. The Morgan fingerprint density at radius 1 is 1.32 bits per heavy atom. The van der Waals surface area contributed by atoms with Crippen molar-refractivity contribution in [3.63, 3.8) is 0 Å². The summed E-state index contributed by atoms with van der Waals surface area (Å²) in [6, 6.07) is 3.79. The lowest BCUT2D eigenvalue weighted by molar-refractivity contribution is -0.122. The lowest BCUT2D eigenvalue weighted by atomic mass is 10.2. The number of ether oxygens (including phenoxy) is 1. The monoisotopic (exact) mass is 328 g/mol. The second kappa shape index (κ2) is 8.14. The van der Waals surface area contributed by atoms with Crippen LogP contribution in [0.1, 0.15) is 32.8 Å². The molecule has 1 atom stereocenters. The fourth-order valence-corrected chi connectivity index (χ4v) is 3.15. The van der Waals surface area contributed by atoms with Crippen LogP contribution >= 0.6 is 0 Å². The molecule has 0 aliphatic carbocycles. The van der Waals surface area contributed by atoms with E-state index in [0.29, 0.717) is 18.9 Å². The number of carbonyl (C=O) groups excluding carboxylic acids is 1. The summed E-state index contributed by atoms with van der Waals surface area (Å²) < 4.78 is 32.4. The second-order valence-corrected chi connectivity index (χ2v) is 6.71. The first-order chi connectivity index (χ1) is 10.3. The van der Waals surface area contributed by atoms with Crippen molar-refractivity contribution in [2.75, 3.05) is 13.2 Å². The molecule has 0 aliphatic heterocycles. The third-order valence-corrected chi connectivity index (χ3v) is 4.57. The van der Waals surface area contributed by atoms with Gasteiger partial charge in [-0.3, -0.25) is 4.79 Å². The fourth-order valence-electron chi connectivity index (χ4n) is 1.86. The first kappa shape index (κ1) is 18.4. The Kier molecular flexibility index (Phi) is 6.83. The van der Waals surface area contributed by atoms with E-state index in [4.69, 9.17) is 4.74 Å². The maximum atomic E-state index is 12.3. The smallest absolute Gasteiger partial charge is 0.241 e. The minimum absolute atomic E-state index is 0.114.